The molecule has 0 bridgehead atoms. The number of rotatable bonds is 5. The zero-order chi connectivity index (χ0) is 11.5. The molecule has 0 amide bonds. The summed E-state index contributed by atoms with van der Waals surface area (Å²) in [5.74, 6) is 2.04. The Hall–Kier alpha value is -0.760. The van der Waals surface area contributed by atoms with Gasteiger partial charge in [-0.25, -0.2) is 0 Å². The Balaban J connectivity index is 2.92. The second-order valence-corrected chi connectivity index (χ2v) is 4.78. The maximum atomic E-state index is 5.72. The molecule has 0 saturated heterocycles. The highest BCUT2D eigenvalue weighted by atomic mass is 16.3. The Bertz CT molecular complexity index is 301. The molecule has 0 aromatic carbocycles. The fourth-order valence-corrected chi connectivity index (χ4v) is 1.78. The minimum atomic E-state index is 0.223. The van der Waals surface area contributed by atoms with Crippen molar-refractivity contribution in [3.63, 3.8) is 0 Å². The van der Waals surface area contributed by atoms with Gasteiger partial charge >= 0.3 is 0 Å². The minimum Gasteiger partial charge on any atom is -0.465 e. The normalized spacial score (nSPS) is 14.2. The van der Waals surface area contributed by atoms with Crippen LogP contribution in [0.2, 0.25) is 0 Å². The highest BCUT2D eigenvalue weighted by molar-refractivity contribution is 5.12. The molecule has 15 heavy (non-hydrogen) atoms. The van der Waals surface area contributed by atoms with Gasteiger partial charge in [0.15, 0.2) is 0 Å². The van der Waals surface area contributed by atoms with Gasteiger partial charge in [0.2, 0.25) is 0 Å². The first kappa shape index (κ1) is 12.3. The average molecular weight is 209 g/mol. The van der Waals surface area contributed by atoms with Gasteiger partial charge in [-0.05, 0) is 37.4 Å². The molecule has 0 fully saturated rings. The molecule has 1 aromatic rings. The van der Waals surface area contributed by atoms with E-state index in [2.05, 4.69) is 39.1 Å². The van der Waals surface area contributed by atoms with Gasteiger partial charge in [0.1, 0.15) is 11.5 Å². The Morgan fingerprint density at radius 3 is 2.40 bits per heavy atom. The summed E-state index contributed by atoms with van der Waals surface area (Å²) in [6.45, 7) is 11.9. The molecule has 2 heteroatoms. The van der Waals surface area contributed by atoms with E-state index in [0.717, 1.165) is 24.5 Å². The van der Waals surface area contributed by atoms with Gasteiger partial charge in [-0.2, -0.15) is 0 Å². The predicted octanol–water partition coefficient (Wildman–Crippen LogP) is 3.67. The second kappa shape index (κ2) is 4.84. The number of aryl methyl sites for hydroxylation is 1. The monoisotopic (exact) mass is 209 g/mol. The molecule has 0 aliphatic rings. The van der Waals surface area contributed by atoms with Crippen LogP contribution in [0.5, 0.6) is 0 Å². The van der Waals surface area contributed by atoms with Crippen molar-refractivity contribution in [3.8, 4) is 0 Å². The van der Waals surface area contributed by atoms with Crippen molar-refractivity contribution in [2.45, 2.75) is 47.1 Å². The molecule has 1 unspecified atom stereocenters. The Morgan fingerprint density at radius 1 is 1.33 bits per heavy atom. The summed E-state index contributed by atoms with van der Waals surface area (Å²) in [5.41, 5.74) is 0.223. The average Bonchev–Trinajstić information content (AvgIpc) is 2.60. The van der Waals surface area contributed by atoms with Crippen LogP contribution in [-0.4, -0.2) is 6.54 Å². The van der Waals surface area contributed by atoms with Crippen molar-refractivity contribution in [1.82, 2.24) is 5.32 Å². The first-order chi connectivity index (χ1) is 7.01. The van der Waals surface area contributed by atoms with Gasteiger partial charge < -0.3 is 9.73 Å². The van der Waals surface area contributed by atoms with Gasteiger partial charge in [0, 0.05) is 0 Å². The molecular weight excluding hydrogens is 186 g/mol. The largest absolute Gasteiger partial charge is 0.465 e. The van der Waals surface area contributed by atoms with Crippen LogP contribution in [0.15, 0.2) is 16.5 Å². The lowest BCUT2D eigenvalue weighted by Gasteiger charge is -2.32. The summed E-state index contributed by atoms with van der Waals surface area (Å²) < 4.78 is 5.72. The molecular formula is C13H23NO. The van der Waals surface area contributed by atoms with E-state index < -0.39 is 0 Å². The van der Waals surface area contributed by atoms with Crippen LogP contribution in [-0.2, 0) is 0 Å². The number of furan rings is 1. The standard InChI is InChI=1S/C13H23NO/c1-6-13(4,5)12(14-7-2)11-9-8-10(3)15-11/h8-9,12,14H,6-7H2,1-5H3. The summed E-state index contributed by atoms with van der Waals surface area (Å²) >= 11 is 0. The number of hydrogen-bond acceptors (Lipinski definition) is 2. The molecule has 0 radical (unpaired) electrons. The smallest absolute Gasteiger partial charge is 0.121 e. The predicted molar refractivity (Wildman–Crippen MR) is 63.9 cm³/mol. The molecule has 1 heterocycles. The fraction of sp³-hybridized carbons (Fsp3) is 0.692. The minimum absolute atomic E-state index is 0.223. The Kier molecular flexibility index (Phi) is 3.97. The highest BCUT2D eigenvalue weighted by Crippen LogP contribution is 2.36. The van der Waals surface area contributed by atoms with E-state index in [1.807, 2.05) is 13.0 Å². The van der Waals surface area contributed by atoms with Crippen molar-refractivity contribution < 1.29 is 4.42 Å². The molecule has 0 spiro atoms. The molecule has 1 atom stereocenters. The van der Waals surface area contributed by atoms with Crippen LogP contribution >= 0.6 is 0 Å². The van der Waals surface area contributed by atoms with E-state index >= 15 is 0 Å². The van der Waals surface area contributed by atoms with E-state index in [0.29, 0.717) is 6.04 Å². The van der Waals surface area contributed by atoms with E-state index in [1.165, 1.54) is 0 Å². The molecule has 1 aromatic heterocycles. The van der Waals surface area contributed by atoms with Gasteiger partial charge in [-0.15, -0.1) is 0 Å². The maximum absolute atomic E-state index is 5.72. The van der Waals surface area contributed by atoms with Crippen molar-refractivity contribution in [1.29, 1.82) is 0 Å². The molecule has 0 aliphatic heterocycles. The molecule has 1 rings (SSSR count). The van der Waals surface area contributed by atoms with Gasteiger partial charge in [-0.3, -0.25) is 0 Å². The van der Waals surface area contributed by atoms with Crippen molar-refractivity contribution >= 4 is 0 Å². The zero-order valence-corrected chi connectivity index (χ0v) is 10.6. The van der Waals surface area contributed by atoms with Crippen molar-refractivity contribution in [2.24, 2.45) is 5.41 Å². The third-order valence-electron chi connectivity index (χ3n) is 3.15. The molecule has 2 nitrogen and oxygen atoms in total. The summed E-state index contributed by atoms with van der Waals surface area (Å²) in [6.07, 6.45) is 1.13. The van der Waals surface area contributed by atoms with Crippen LogP contribution in [0.25, 0.3) is 0 Å². The first-order valence-corrected chi connectivity index (χ1v) is 5.81. The van der Waals surface area contributed by atoms with Crippen molar-refractivity contribution in [3.05, 3.63) is 23.7 Å². The van der Waals surface area contributed by atoms with Crippen LogP contribution in [0.3, 0.4) is 0 Å². The third-order valence-corrected chi connectivity index (χ3v) is 3.15. The first-order valence-electron chi connectivity index (χ1n) is 5.81. The molecule has 0 saturated carbocycles. The lowest BCUT2D eigenvalue weighted by atomic mass is 9.80. The SMILES string of the molecule is CCNC(c1ccc(C)o1)C(C)(C)CC. The van der Waals surface area contributed by atoms with Crippen LogP contribution in [0.4, 0.5) is 0 Å². The second-order valence-electron chi connectivity index (χ2n) is 4.78. The number of nitrogens with one attached hydrogen (secondary N) is 1. The van der Waals surface area contributed by atoms with E-state index in [9.17, 15) is 0 Å². The van der Waals surface area contributed by atoms with E-state index in [4.69, 9.17) is 4.42 Å². The highest BCUT2D eigenvalue weighted by Gasteiger charge is 2.30. The maximum Gasteiger partial charge on any atom is 0.121 e. The Morgan fingerprint density at radius 2 is 2.00 bits per heavy atom. The van der Waals surface area contributed by atoms with Gasteiger partial charge in [-0.1, -0.05) is 27.7 Å². The number of hydrogen-bond donors (Lipinski definition) is 1. The molecule has 86 valence electrons. The quantitative estimate of drug-likeness (QED) is 0.800. The Labute approximate surface area is 93.1 Å². The summed E-state index contributed by atoms with van der Waals surface area (Å²) in [7, 11) is 0. The van der Waals surface area contributed by atoms with Gasteiger partial charge in [0.25, 0.3) is 0 Å². The van der Waals surface area contributed by atoms with Crippen LogP contribution < -0.4 is 5.32 Å². The van der Waals surface area contributed by atoms with Crippen molar-refractivity contribution in [2.75, 3.05) is 6.54 Å². The molecule has 1 N–H and O–H groups in total. The van der Waals surface area contributed by atoms with Crippen LogP contribution in [0, 0.1) is 12.3 Å². The van der Waals surface area contributed by atoms with E-state index in [-0.39, 0.29) is 5.41 Å². The lowest BCUT2D eigenvalue weighted by Crippen LogP contribution is -2.33. The van der Waals surface area contributed by atoms with E-state index in [1.54, 1.807) is 0 Å². The molecule has 0 aliphatic carbocycles. The summed E-state index contributed by atoms with van der Waals surface area (Å²) in [4.78, 5) is 0. The summed E-state index contributed by atoms with van der Waals surface area (Å²) in [5, 5.41) is 3.51. The van der Waals surface area contributed by atoms with Crippen LogP contribution in [0.1, 0.15) is 51.7 Å². The zero-order valence-electron chi connectivity index (χ0n) is 10.6. The lowest BCUT2D eigenvalue weighted by molar-refractivity contribution is 0.207. The van der Waals surface area contributed by atoms with Gasteiger partial charge in [0.05, 0.1) is 6.04 Å². The topological polar surface area (TPSA) is 25.2 Å². The third kappa shape index (κ3) is 2.85. The fourth-order valence-electron chi connectivity index (χ4n) is 1.78. The summed E-state index contributed by atoms with van der Waals surface area (Å²) in [6, 6.07) is 4.42.